The zero-order valence-corrected chi connectivity index (χ0v) is 12.4. The van der Waals surface area contributed by atoms with E-state index in [9.17, 15) is 0 Å². The summed E-state index contributed by atoms with van der Waals surface area (Å²) < 4.78 is 5.44. The van der Waals surface area contributed by atoms with Gasteiger partial charge in [-0.3, -0.25) is 0 Å². The highest BCUT2D eigenvalue weighted by molar-refractivity contribution is 5.60. The summed E-state index contributed by atoms with van der Waals surface area (Å²) in [6, 6.07) is 7.07. The van der Waals surface area contributed by atoms with Crippen molar-refractivity contribution in [2.75, 3.05) is 36.5 Å². The highest BCUT2D eigenvalue weighted by atomic mass is 16.5. The number of nitrogens with one attached hydrogen (secondary N) is 1. The Bertz CT molecular complexity index is 400. The summed E-state index contributed by atoms with van der Waals surface area (Å²) in [5.41, 5.74) is 3.89. The summed E-state index contributed by atoms with van der Waals surface area (Å²) in [5, 5.41) is 3.52. The smallest absolute Gasteiger partial charge is 0.0664 e. The predicted molar refractivity (Wildman–Crippen MR) is 82.2 cm³/mol. The Morgan fingerprint density at radius 2 is 2.05 bits per heavy atom. The quantitative estimate of drug-likeness (QED) is 0.850. The Morgan fingerprint density at radius 3 is 2.68 bits per heavy atom. The Morgan fingerprint density at radius 1 is 1.32 bits per heavy atom. The van der Waals surface area contributed by atoms with Crippen molar-refractivity contribution >= 4 is 11.4 Å². The van der Waals surface area contributed by atoms with E-state index in [2.05, 4.69) is 42.3 Å². The van der Waals surface area contributed by atoms with E-state index in [0.717, 1.165) is 13.2 Å². The van der Waals surface area contributed by atoms with E-state index in [-0.39, 0.29) is 0 Å². The van der Waals surface area contributed by atoms with Crippen molar-refractivity contribution in [3.8, 4) is 0 Å². The Labute approximate surface area is 116 Å². The summed E-state index contributed by atoms with van der Waals surface area (Å²) in [7, 11) is 0. The fourth-order valence-corrected chi connectivity index (χ4v) is 2.58. The van der Waals surface area contributed by atoms with Crippen LogP contribution < -0.4 is 10.2 Å². The molecule has 0 saturated carbocycles. The summed E-state index contributed by atoms with van der Waals surface area (Å²) >= 11 is 0. The lowest BCUT2D eigenvalue weighted by Gasteiger charge is -2.21. The van der Waals surface area contributed by atoms with Gasteiger partial charge in [0.05, 0.1) is 6.61 Å². The van der Waals surface area contributed by atoms with E-state index in [0.29, 0.717) is 6.04 Å². The van der Waals surface area contributed by atoms with Gasteiger partial charge in [0.25, 0.3) is 0 Å². The van der Waals surface area contributed by atoms with Crippen molar-refractivity contribution in [2.24, 2.45) is 0 Å². The molecule has 1 heterocycles. The molecule has 0 amide bonds. The molecule has 1 fully saturated rings. The van der Waals surface area contributed by atoms with Crippen LogP contribution in [0, 0.1) is 6.92 Å². The summed E-state index contributed by atoms with van der Waals surface area (Å²) in [5.74, 6) is 0. The van der Waals surface area contributed by atoms with Gasteiger partial charge in [-0.1, -0.05) is 0 Å². The number of anilines is 2. The van der Waals surface area contributed by atoms with Gasteiger partial charge >= 0.3 is 0 Å². The minimum atomic E-state index is 0.344. The first-order valence-electron chi connectivity index (χ1n) is 7.40. The fraction of sp³-hybridized carbons (Fsp3) is 0.625. The number of hydrogen-bond donors (Lipinski definition) is 1. The van der Waals surface area contributed by atoms with Gasteiger partial charge in [-0.15, -0.1) is 0 Å². The largest absolute Gasteiger partial charge is 0.380 e. The molecule has 0 bridgehead atoms. The summed E-state index contributed by atoms with van der Waals surface area (Å²) in [6.07, 6.45) is 2.65. The standard InChI is InChI=1S/C16H26N2O/c1-4-19-12-14(3)17-16-8-7-15(11-13(16)2)18-9-5-6-10-18/h7-8,11,14,17H,4-6,9-10,12H2,1-3H3. The molecule has 0 spiro atoms. The van der Waals surface area contributed by atoms with Crippen molar-refractivity contribution < 1.29 is 4.74 Å². The lowest BCUT2D eigenvalue weighted by Crippen LogP contribution is -2.22. The van der Waals surface area contributed by atoms with Crippen molar-refractivity contribution in [3.05, 3.63) is 23.8 Å². The van der Waals surface area contributed by atoms with Gasteiger partial charge < -0.3 is 15.0 Å². The van der Waals surface area contributed by atoms with Crippen LogP contribution in [0.4, 0.5) is 11.4 Å². The normalized spacial score (nSPS) is 16.7. The highest BCUT2D eigenvalue weighted by Gasteiger charge is 2.13. The van der Waals surface area contributed by atoms with E-state index in [1.807, 2.05) is 6.92 Å². The molecule has 3 heteroatoms. The molecular formula is C16H26N2O. The maximum Gasteiger partial charge on any atom is 0.0664 e. The molecule has 0 radical (unpaired) electrons. The average Bonchev–Trinajstić information content (AvgIpc) is 2.92. The maximum atomic E-state index is 5.44. The Kier molecular flexibility index (Phi) is 5.08. The van der Waals surface area contributed by atoms with Crippen LogP contribution in [0.5, 0.6) is 0 Å². The molecule has 1 aliphatic heterocycles. The second kappa shape index (κ2) is 6.80. The number of rotatable bonds is 6. The number of hydrogen-bond acceptors (Lipinski definition) is 3. The monoisotopic (exact) mass is 262 g/mol. The second-order valence-corrected chi connectivity index (χ2v) is 5.40. The van der Waals surface area contributed by atoms with Crippen molar-refractivity contribution in [1.29, 1.82) is 0 Å². The minimum absolute atomic E-state index is 0.344. The van der Waals surface area contributed by atoms with Crippen LogP contribution >= 0.6 is 0 Å². The molecule has 0 aliphatic carbocycles. The number of nitrogens with zero attached hydrogens (tertiary/aromatic N) is 1. The van der Waals surface area contributed by atoms with Crippen LogP contribution in [0.3, 0.4) is 0 Å². The highest BCUT2D eigenvalue weighted by Crippen LogP contribution is 2.25. The van der Waals surface area contributed by atoms with E-state index in [1.165, 1.54) is 42.9 Å². The molecule has 1 atom stereocenters. The number of benzene rings is 1. The van der Waals surface area contributed by atoms with Gasteiger partial charge in [-0.2, -0.15) is 0 Å². The molecule has 1 unspecified atom stereocenters. The van der Waals surface area contributed by atoms with Crippen LogP contribution in [0.15, 0.2) is 18.2 Å². The third-order valence-corrected chi connectivity index (χ3v) is 3.66. The van der Waals surface area contributed by atoms with Crippen LogP contribution in [0.1, 0.15) is 32.3 Å². The topological polar surface area (TPSA) is 24.5 Å². The average molecular weight is 262 g/mol. The molecule has 1 N–H and O–H groups in total. The van der Waals surface area contributed by atoms with Gasteiger partial charge in [0.2, 0.25) is 0 Å². The van der Waals surface area contributed by atoms with Gasteiger partial charge in [0.1, 0.15) is 0 Å². The van der Waals surface area contributed by atoms with E-state index in [4.69, 9.17) is 4.74 Å². The lowest BCUT2D eigenvalue weighted by molar-refractivity contribution is 0.141. The van der Waals surface area contributed by atoms with Crippen molar-refractivity contribution in [3.63, 3.8) is 0 Å². The third kappa shape index (κ3) is 3.87. The maximum absolute atomic E-state index is 5.44. The van der Waals surface area contributed by atoms with Crippen LogP contribution in [-0.4, -0.2) is 32.3 Å². The van der Waals surface area contributed by atoms with E-state index < -0.39 is 0 Å². The lowest BCUT2D eigenvalue weighted by atomic mass is 10.1. The van der Waals surface area contributed by atoms with Gasteiger partial charge in [-0.25, -0.2) is 0 Å². The van der Waals surface area contributed by atoms with E-state index in [1.54, 1.807) is 0 Å². The van der Waals surface area contributed by atoms with Gasteiger partial charge in [0, 0.05) is 37.1 Å². The minimum Gasteiger partial charge on any atom is -0.380 e. The molecule has 106 valence electrons. The molecule has 2 rings (SSSR count). The van der Waals surface area contributed by atoms with Crippen LogP contribution in [0.2, 0.25) is 0 Å². The molecule has 1 aliphatic rings. The van der Waals surface area contributed by atoms with Gasteiger partial charge in [0.15, 0.2) is 0 Å². The number of ether oxygens (including phenoxy) is 1. The molecule has 1 aromatic carbocycles. The molecule has 3 nitrogen and oxygen atoms in total. The van der Waals surface area contributed by atoms with Crippen LogP contribution in [-0.2, 0) is 4.74 Å². The van der Waals surface area contributed by atoms with Gasteiger partial charge in [-0.05, 0) is 57.4 Å². The SMILES string of the molecule is CCOCC(C)Nc1ccc(N2CCCC2)cc1C. The third-order valence-electron chi connectivity index (χ3n) is 3.66. The molecular weight excluding hydrogens is 236 g/mol. The zero-order valence-electron chi connectivity index (χ0n) is 12.4. The predicted octanol–water partition coefficient (Wildman–Crippen LogP) is 3.43. The van der Waals surface area contributed by atoms with Crippen molar-refractivity contribution in [1.82, 2.24) is 0 Å². The molecule has 1 aromatic rings. The van der Waals surface area contributed by atoms with E-state index >= 15 is 0 Å². The Balaban J connectivity index is 1.98. The van der Waals surface area contributed by atoms with Crippen LogP contribution in [0.25, 0.3) is 0 Å². The number of aryl methyl sites for hydroxylation is 1. The molecule has 1 saturated heterocycles. The summed E-state index contributed by atoms with van der Waals surface area (Å²) in [4.78, 5) is 2.47. The zero-order chi connectivity index (χ0) is 13.7. The first-order valence-corrected chi connectivity index (χ1v) is 7.40. The van der Waals surface area contributed by atoms with Crippen molar-refractivity contribution in [2.45, 2.75) is 39.7 Å². The first-order chi connectivity index (χ1) is 9.20. The Hall–Kier alpha value is -1.22. The summed E-state index contributed by atoms with van der Waals surface area (Å²) in [6.45, 7) is 10.3. The fourth-order valence-electron chi connectivity index (χ4n) is 2.58. The molecule has 0 aromatic heterocycles. The second-order valence-electron chi connectivity index (χ2n) is 5.40. The first kappa shape index (κ1) is 14.2. The molecule has 19 heavy (non-hydrogen) atoms.